The molecule has 0 spiro atoms. The Morgan fingerprint density at radius 1 is 0.308 bits per heavy atom. The molecule has 9 aromatic carbocycles. The van der Waals surface area contributed by atoms with Crippen LogP contribution in [0.3, 0.4) is 0 Å². The Balaban J connectivity index is 1.19. The van der Waals surface area contributed by atoms with Crippen LogP contribution in [0, 0.1) is 0 Å². The predicted molar refractivity (Wildman–Crippen MR) is 220 cm³/mol. The van der Waals surface area contributed by atoms with Gasteiger partial charge in [0.25, 0.3) is 0 Å². The standard InChI is InChI=1S/C50H33NO/c1-4-12-34(13-5-1)37-22-25-42(26-23-37)51(44-32-40(35-14-6-2-7-15-35)30-41(33-44)36-16-8-3-9-17-36)43-27-29-45-39(31-43)21-20-38-24-28-47-46-18-10-11-19-48(46)52-50(47)49(38)45/h1-33H. The summed E-state index contributed by atoms with van der Waals surface area (Å²) >= 11 is 0. The highest BCUT2D eigenvalue weighted by molar-refractivity contribution is 6.23. The van der Waals surface area contributed by atoms with Gasteiger partial charge in [-0.2, -0.15) is 0 Å². The van der Waals surface area contributed by atoms with Crippen molar-refractivity contribution in [3.05, 3.63) is 200 Å². The first-order chi connectivity index (χ1) is 25.8. The zero-order chi connectivity index (χ0) is 34.4. The minimum atomic E-state index is 0.913. The SMILES string of the molecule is c1ccc(-c2ccc(N(c3cc(-c4ccccc4)cc(-c4ccccc4)c3)c3ccc4c(ccc5ccc6c7ccccc7oc6c54)c3)cc2)cc1. The van der Waals surface area contributed by atoms with Crippen molar-refractivity contribution < 1.29 is 4.42 Å². The Kier molecular flexibility index (Phi) is 7.18. The van der Waals surface area contributed by atoms with E-state index in [9.17, 15) is 0 Å². The van der Waals surface area contributed by atoms with Gasteiger partial charge in [-0.05, 0) is 104 Å². The molecule has 0 N–H and O–H groups in total. The number of nitrogens with zero attached hydrogens (tertiary/aromatic N) is 1. The smallest absolute Gasteiger partial charge is 0.143 e. The van der Waals surface area contributed by atoms with Crippen LogP contribution in [0.15, 0.2) is 205 Å². The van der Waals surface area contributed by atoms with Gasteiger partial charge >= 0.3 is 0 Å². The van der Waals surface area contributed by atoms with E-state index in [1.165, 1.54) is 44.2 Å². The molecule has 2 nitrogen and oxygen atoms in total. The Hall–Kier alpha value is -6.90. The third-order valence-corrected chi connectivity index (χ3v) is 10.2. The molecule has 0 saturated carbocycles. The summed E-state index contributed by atoms with van der Waals surface area (Å²) in [6, 6.07) is 71.8. The van der Waals surface area contributed by atoms with Crippen molar-refractivity contribution >= 4 is 60.5 Å². The lowest BCUT2D eigenvalue weighted by Crippen LogP contribution is -2.10. The maximum absolute atomic E-state index is 6.54. The third kappa shape index (κ3) is 5.21. The summed E-state index contributed by atoms with van der Waals surface area (Å²) in [7, 11) is 0. The van der Waals surface area contributed by atoms with Crippen molar-refractivity contribution in [3.63, 3.8) is 0 Å². The van der Waals surface area contributed by atoms with Crippen molar-refractivity contribution in [2.75, 3.05) is 4.90 Å². The molecule has 0 radical (unpaired) electrons. The highest BCUT2D eigenvalue weighted by atomic mass is 16.3. The topological polar surface area (TPSA) is 16.4 Å². The van der Waals surface area contributed by atoms with Crippen molar-refractivity contribution in [3.8, 4) is 33.4 Å². The molecule has 0 atom stereocenters. The number of furan rings is 1. The summed E-state index contributed by atoms with van der Waals surface area (Å²) < 4.78 is 6.54. The molecular weight excluding hydrogens is 631 g/mol. The maximum Gasteiger partial charge on any atom is 0.143 e. The number of fused-ring (bicyclic) bond motifs is 7. The summed E-state index contributed by atoms with van der Waals surface area (Å²) in [6.07, 6.45) is 0. The second-order valence-electron chi connectivity index (χ2n) is 13.4. The minimum absolute atomic E-state index is 0.913. The second kappa shape index (κ2) is 12.5. The first-order valence-corrected chi connectivity index (χ1v) is 17.8. The molecule has 1 aromatic heterocycles. The van der Waals surface area contributed by atoms with Crippen LogP contribution in [-0.2, 0) is 0 Å². The highest BCUT2D eigenvalue weighted by Gasteiger charge is 2.18. The molecular formula is C50H33NO. The molecule has 0 aliphatic rings. The zero-order valence-corrected chi connectivity index (χ0v) is 28.4. The predicted octanol–water partition coefficient (Wildman–Crippen LogP) is 14.4. The van der Waals surface area contributed by atoms with Gasteiger partial charge in [0.2, 0.25) is 0 Å². The van der Waals surface area contributed by atoms with Crippen molar-refractivity contribution in [2.24, 2.45) is 0 Å². The van der Waals surface area contributed by atoms with Crippen LogP contribution < -0.4 is 4.90 Å². The quantitative estimate of drug-likeness (QED) is 0.165. The fraction of sp³-hybridized carbons (Fsp3) is 0. The van der Waals surface area contributed by atoms with Gasteiger partial charge in [-0.3, -0.25) is 0 Å². The Morgan fingerprint density at radius 3 is 1.50 bits per heavy atom. The fourth-order valence-corrected chi connectivity index (χ4v) is 7.67. The van der Waals surface area contributed by atoms with Gasteiger partial charge in [0.15, 0.2) is 0 Å². The molecule has 0 fully saturated rings. The molecule has 244 valence electrons. The number of para-hydroxylation sites is 1. The minimum Gasteiger partial charge on any atom is -0.455 e. The average molecular weight is 664 g/mol. The van der Waals surface area contributed by atoms with E-state index < -0.39 is 0 Å². The number of hydrogen-bond acceptors (Lipinski definition) is 2. The van der Waals surface area contributed by atoms with E-state index in [0.29, 0.717) is 0 Å². The lowest BCUT2D eigenvalue weighted by molar-refractivity contribution is 0.673. The third-order valence-electron chi connectivity index (χ3n) is 10.2. The van der Waals surface area contributed by atoms with Crippen LogP contribution in [-0.4, -0.2) is 0 Å². The summed E-state index contributed by atoms with van der Waals surface area (Å²) in [5, 5.41) is 6.94. The number of anilines is 3. The van der Waals surface area contributed by atoms with Gasteiger partial charge in [-0.1, -0.05) is 146 Å². The Labute approximate surface area is 302 Å². The summed E-state index contributed by atoms with van der Waals surface area (Å²) in [5.74, 6) is 0. The van der Waals surface area contributed by atoms with E-state index in [-0.39, 0.29) is 0 Å². The highest BCUT2D eigenvalue weighted by Crippen LogP contribution is 2.43. The van der Waals surface area contributed by atoms with E-state index in [2.05, 4.69) is 199 Å². The summed E-state index contributed by atoms with van der Waals surface area (Å²) in [4.78, 5) is 2.39. The normalized spacial score (nSPS) is 11.5. The molecule has 2 heteroatoms. The maximum atomic E-state index is 6.54. The van der Waals surface area contributed by atoms with Crippen molar-refractivity contribution in [1.82, 2.24) is 0 Å². The largest absolute Gasteiger partial charge is 0.455 e. The van der Waals surface area contributed by atoms with Gasteiger partial charge in [-0.25, -0.2) is 0 Å². The second-order valence-corrected chi connectivity index (χ2v) is 13.4. The zero-order valence-electron chi connectivity index (χ0n) is 28.4. The van der Waals surface area contributed by atoms with E-state index in [4.69, 9.17) is 4.42 Å². The molecule has 0 unspecified atom stereocenters. The van der Waals surface area contributed by atoms with Crippen LogP contribution in [0.5, 0.6) is 0 Å². The molecule has 0 saturated heterocycles. The average Bonchev–Trinajstić information content (AvgIpc) is 3.61. The number of benzene rings is 9. The van der Waals surface area contributed by atoms with Gasteiger partial charge in [0, 0.05) is 33.2 Å². The van der Waals surface area contributed by atoms with E-state index in [1.54, 1.807) is 0 Å². The molecule has 0 aliphatic carbocycles. The van der Waals surface area contributed by atoms with Gasteiger partial charge < -0.3 is 9.32 Å². The fourth-order valence-electron chi connectivity index (χ4n) is 7.67. The first-order valence-electron chi connectivity index (χ1n) is 17.8. The van der Waals surface area contributed by atoms with E-state index in [1.807, 2.05) is 6.07 Å². The van der Waals surface area contributed by atoms with Crippen molar-refractivity contribution in [2.45, 2.75) is 0 Å². The molecule has 0 aliphatic heterocycles. The molecule has 0 bridgehead atoms. The van der Waals surface area contributed by atoms with E-state index in [0.717, 1.165) is 49.8 Å². The van der Waals surface area contributed by atoms with Gasteiger partial charge in [0.1, 0.15) is 11.2 Å². The van der Waals surface area contributed by atoms with Gasteiger partial charge in [0.05, 0.1) is 0 Å². The summed E-state index contributed by atoms with van der Waals surface area (Å²) in [6.45, 7) is 0. The van der Waals surface area contributed by atoms with Crippen LogP contribution >= 0.6 is 0 Å². The lowest BCUT2D eigenvalue weighted by Gasteiger charge is -2.27. The molecule has 1 heterocycles. The van der Waals surface area contributed by atoms with Crippen LogP contribution in [0.2, 0.25) is 0 Å². The van der Waals surface area contributed by atoms with Crippen LogP contribution in [0.1, 0.15) is 0 Å². The van der Waals surface area contributed by atoms with Crippen molar-refractivity contribution in [1.29, 1.82) is 0 Å². The number of rotatable bonds is 6. The van der Waals surface area contributed by atoms with Gasteiger partial charge in [-0.15, -0.1) is 0 Å². The first kappa shape index (κ1) is 30.0. The van der Waals surface area contributed by atoms with Crippen LogP contribution in [0.25, 0.3) is 76.9 Å². The summed E-state index contributed by atoms with van der Waals surface area (Å²) in [5.41, 5.74) is 12.2. The molecule has 10 rings (SSSR count). The molecule has 0 amide bonds. The molecule has 10 aromatic rings. The lowest BCUT2D eigenvalue weighted by atomic mass is 9.96. The van der Waals surface area contributed by atoms with Crippen LogP contribution in [0.4, 0.5) is 17.1 Å². The molecule has 52 heavy (non-hydrogen) atoms. The Bertz CT molecular complexity index is 2820. The monoisotopic (exact) mass is 663 g/mol. The number of hydrogen-bond donors (Lipinski definition) is 0. The Morgan fingerprint density at radius 2 is 0.827 bits per heavy atom. The van der Waals surface area contributed by atoms with E-state index >= 15 is 0 Å².